The zero-order valence-electron chi connectivity index (χ0n) is 34.3. The molecular weight excluding hydrogens is 759 g/mol. The number of benzene rings is 4. The Morgan fingerprint density at radius 1 is 0.900 bits per heavy atom. The molecule has 1 saturated carbocycles. The summed E-state index contributed by atoms with van der Waals surface area (Å²) >= 11 is 0. The Bertz CT molecular complexity index is 2410. The van der Waals surface area contributed by atoms with Gasteiger partial charge in [0.1, 0.15) is 17.4 Å². The van der Waals surface area contributed by atoms with E-state index in [1.165, 1.54) is 13.2 Å². The summed E-state index contributed by atoms with van der Waals surface area (Å²) in [5.74, 6) is -0.197. The summed E-state index contributed by atoms with van der Waals surface area (Å²) in [6, 6.07) is 27.2. The SMILES string of the molecule is COc1cc(CC[C@@H](O)[C@H](C(=O)CCc2cc(O)c(O)c(OCC(C)C)c2)[C@@]2(c3ccnc(Nc4ccc5cc(O)ccc5c4)c3)CCC[C@@H]2Cc2ccc[n-]2)ccc1O. The molecule has 0 radical (unpaired) electrons. The largest absolute Gasteiger partial charge is 0.668 e. The van der Waals surface area contributed by atoms with E-state index in [0.29, 0.717) is 43.0 Å². The van der Waals surface area contributed by atoms with Gasteiger partial charge in [0.25, 0.3) is 0 Å². The number of ether oxygens (including phenoxy) is 2. The van der Waals surface area contributed by atoms with Gasteiger partial charge in [-0.25, -0.2) is 4.98 Å². The number of aromatic nitrogens is 2. The van der Waals surface area contributed by atoms with Crippen LogP contribution in [0.1, 0.15) is 68.3 Å². The minimum Gasteiger partial charge on any atom is -0.668 e. The Hall–Kier alpha value is -6.20. The van der Waals surface area contributed by atoms with Gasteiger partial charge in [-0.1, -0.05) is 50.6 Å². The number of fused-ring (bicyclic) bond motifs is 1. The fourth-order valence-corrected chi connectivity index (χ4v) is 9.10. The quantitative estimate of drug-likeness (QED) is 0.0457. The summed E-state index contributed by atoms with van der Waals surface area (Å²) in [4.78, 5) is 24.5. The van der Waals surface area contributed by atoms with Gasteiger partial charge in [0.05, 0.1) is 25.7 Å². The van der Waals surface area contributed by atoms with Gasteiger partial charge in [-0.05, 0) is 138 Å². The lowest BCUT2D eigenvalue weighted by molar-refractivity contribution is -0.131. The highest BCUT2D eigenvalue weighted by Crippen LogP contribution is 2.54. The van der Waals surface area contributed by atoms with Crippen molar-refractivity contribution >= 4 is 28.1 Å². The molecule has 2 aromatic heterocycles. The number of aliphatic hydroxyl groups is 1. The molecule has 6 N–H and O–H groups in total. The number of methoxy groups -OCH3 is 1. The van der Waals surface area contributed by atoms with Crippen LogP contribution in [0.5, 0.6) is 34.5 Å². The number of phenolic OH excluding ortho intramolecular Hbond substituents is 4. The predicted molar refractivity (Wildman–Crippen MR) is 232 cm³/mol. The summed E-state index contributed by atoms with van der Waals surface area (Å²) in [5.41, 5.74) is 3.29. The zero-order chi connectivity index (χ0) is 42.4. The molecule has 0 saturated heterocycles. The highest BCUT2D eigenvalue weighted by Gasteiger charge is 2.54. The number of Topliss-reactive ketones (excluding diaryl/α,β-unsaturated/α-hetero) is 1. The second-order valence-electron chi connectivity index (χ2n) is 16.5. The number of carbonyl (C=O) groups is 1. The average Bonchev–Trinajstić information content (AvgIpc) is 3.91. The topological polar surface area (TPSA) is 176 Å². The molecule has 0 amide bonds. The molecule has 11 heteroatoms. The van der Waals surface area contributed by atoms with Crippen molar-refractivity contribution in [1.29, 1.82) is 0 Å². The molecule has 1 aliphatic carbocycles. The smallest absolute Gasteiger partial charge is 0.200 e. The maximum Gasteiger partial charge on any atom is 0.200 e. The van der Waals surface area contributed by atoms with Crippen LogP contribution in [-0.2, 0) is 29.5 Å². The zero-order valence-corrected chi connectivity index (χ0v) is 34.3. The van der Waals surface area contributed by atoms with Crippen molar-refractivity contribution in [3.63, 3.8) is 0 Å². The first-order valence-corrected chi connectivity index (χ1v) is 20.7. The van der Waals surface area contributed by atoms with Gasteiger partial charge in [0.2, 0.25) is 5.75 Å². The van der Waals surface area contributed by atoms with E-state index in [-0.39, 0.29) is 65.6 Å². The van der Waals surface area contributed by atoms with Crippen LogP contribution in [0, 0.1) is 17.8 Å². The Morgan fingerprint density at radius 3 is 2.48 bits per heavy atom. The third kappa shape index (κ3) is 9.31. The highest BCUT2D eigenvalue weighted by atomic mass is 16.5. The molecule has 2 heterocycles. The fraction of sp³-hybridized carbons (Fsp3) is 0.347. The molecule has 0 aliphatic heterocycles. The number of hydrogen-bond acceptors (Lipinski definition) is 10. The Kier molecular flexibility index (Phi) is 12.8. The standard InChI is InChI=1S/C49H54N3O8/c1-30(2)29-60-45-24-32(22-43(57)48(45)58)10-17-42(56)47(41(55)16-9-31-8-15-40(54)44(23-31)59-3)49(19-4-6-35(49)27-37-7-5-20-50-37)36-18-21-51-46(28-36)52-38-13-11-34-26-39(53)14-12-33(34)25-38/h5,7-8,11-15,18,20-26,28,30,35,41,47,53-55,57-58H,4,6,9-10,16-17,19,27,29H2,1-3H3,(H,51,52)/q-1/t35-,41-,47-,49+/m1/s1. The van der Waals surface area contributed by atoms with Crippen molar-refractivity contribution in [1.82, 2.24) is 9.97 Å². The second-order valence-corrected chi connectivity index (χ2v) is 16.5. The summed E-state index contributed by atoms with van der Waals surface area (Å²) in [6.45, 7) is 4.32. The molecule has 7 rings (SSSR count). The molecule has 0 unspecified atom stereocenters. The normalized spacial score (nSPS) is 17.4. The minimum absolute atomic E-state index is 0.0202. The molecule has 1 fully saturated rings. The number of rotatable bonds is 18. The number of pyridine rings is 1. The van der Waals surface area contributed by atoms with Crippen molar-refractivity contribution in [2.24, 2.45) is 17.8 Å². The number of aromatic hydroxyl groups is 4. The van der Waals surface area contributed by atoms with Gasteiger partial charge in [-0.3, -0.25) is 4.79 Å². The summed E-state index contributed by atoms with van der Waals surface area (Å²) in [6.07, 6.45) is 6.40. The van der Waals surface area contributed by atoms with Crippen molar-refractivity contribution in [2.75, 3.05) is 19.0 Å². The fourth-order valence-electron chi connectivity index (χ4n) is 9.10. The molecule has 0 bridgehead atoms. The number of carbonyl (C=O) groups excluding carboxylic acids is 1. The molecule has 6 aromatic rings. The maximum absolute atomic E-state index is 15.2. The molecule has 11 nitrogen and oxygen atoms in total. The first-order valence-electron chi connectivity index (χ1n) is 20.7. The van der Waals surface area contributed by atoms with E-state index in [0.717, 1.165) is 46.1 Å². The Morgan fingerprint density at radius 2 is 1.70 bits per heavy atom. The third-order valence-corrected chi connectivity index (χ3v) is 11.9. The van der Waals surface area contributed by atoms with Gasteiger partial charge >= 0.3 is 0 Å². The number of aryl methyl sites for hydroxylation is 2. The number of nitrogens with one attached hydrogen (secondary N) is 1. The van der Waals surface area contributed by atoms with Crippen molar-refractivity contribution < 1.29 is 39.8 Å². The lowest BCUT2D eigenvalue weighted by Crippen LogP contribution is -2.49. The van der Waals surface area contributed by atoms with Crippen LogP contribution in [0.2, 0.25) is 0 Å². The van der Waals surface area contributed by atoms with Crippen molar-refractivity contribution in [3.8, 4) is 34.5 Å². The van der Waals surface area contributed by atoms with Crippen LogP contribution >= 0.6 is 0 Å². The van der Waals surface area contributed by atoms with Gasteiger partial charge in [0.15, 0.2) is 23.0 Å². The van der Waals surface area contributed by atoms with Crippen LogP contribution in [0.3, 0.4) is 0 Å². The van der Waals surface area contributed by atoms with Crippen LogP contribution in [-0.4, -0.2) is 56.1 Å². The summed E-state index contributed by atoms with van der Waals surface area (Å²) in [7, 11) is 1.49. The molecule has 1 aliphatic rings. The second kappa shape index (κ2) is 18.4. The first-order chi connectivity index (χ1) is 28.9. The molecule has 314 valence electrons. The number of aliphatic hydroxyl groups excluding tert-OH is 1. The maximum atomic E-state index is 15.2. The van der Waals surface area contributed by atoms with E-state index in [1.807, 2.05) is 62.4 Å². The lowest BCUT2D eigenvalue weighted by atomic mass is 9.59. The number of ketones is 1. The third-order valence-electron chi connectivity index (χ3n) is 11.9. The first kappa shape index (κ1) is 41.9. The number of anilines is 2. The van der Waals surface area contributed by atoms with Crippen LogP contribution in [0.4, 0.5) is 11.5 Å². The van der Waals surface area contributed by atoms with Crippen molar-refractivity contribution in [3.05, 3.63) is 126 Å². The summed E-state index contributed by atoms with van der Waals surface area (Å²) in [5, 5.41) is 59.3. The summed E-state index contributed by atoms with van der Waals surface area (Å²) < 4.78 is 11.2. The molecule has 4 atom stereocenters. The van der Waals surface area contributed by atoms with E-state index >= 15 is 4.79 Å². The van der Waals surface area contributed by atoms with E-state index in [9.17, 15) is 25.5 Å². The van der Waals surface area contributed by atoms with Gasteiger partial charge in [-0.15, -0.1) is 0 Å². The number of hydrogen-bond donors (Lipinski definition) is 6. The van der Waals surface area contributed by atoms with Crippen LogP contribution in [0.15, 0.2) is 103 Å². The van der Waals surface area contributed by atoms with E-state index in [2.05, 4.69) is 10.3 Å². The van der Waals surface area contributed by atoms with E-state index < -0.39 is 17.4 Å². The predicted octanol–water partition coefficient (Wildman–Crippen LogP) is 8.89. The molecule has 4 aromatic carbocycles. The number of phenols is 4. The van der Waals surface area contributed by atoms with E-state index in [1.54, 1.807) is 48.8 Å². The van der Waals surface area contributed by atoms with Gasteiger partial charge in [0, 0.05) is 23.7 Å². The van der Waals surface area contributed by atoms with Crippen LogP contribution in [0.25, 0.3) is 10.8 Å². The minimum atomic E-state index is -1.06. The molecule has 0 spiro atoms. The number of nitrogens with zero attached hydrogens (tertiary/aromatic N) is 2. The van der Waals surface area contributed by atoms with E-state index in [4.69, 9.17) is 14.5 Å². The monoisotopic (exact) mass is 812 g/mol. The van der Waals surface area contributed by atoms with Crippen LogP contribution < -0.4 is 19.8 Å². The average molecular weight is 813 g/mol. The Balaban J connectivity index is 1.27. The van der Waals surface area contributed by atoms with Gasteiger partial charge < -0.3 is 45.3 Å². The molecular formula is C49H54N3O8-. The van der Waals surface area contributed by atoms with Gasteiger partial charge in [-0.2, -0.15) is 11.9 Å². The molecule has 60 heavy (non-hydrogen) atoms. The lowest BCUT2D eigenvalue weighted by Gasteiger charge is -2.45. The van der Waals surface area contributed by atoms with Crippen molar-refractivity contribution in [2.45, 2.75) is 76.7 Å². The Labute approximate surface area is 350 Å². The highest BCUT2D eigenvalue weighted by molar-refractivity contribution is 5.87.